The second-order valence-corrected chi connectivity index (χ2v) is 2.25. The molecule has 1 aliphatic rings. The summed E-state index contributed by atoms with van der Waals surface area (Å²) in [5.74, 6) is 0. The first kappa shape index (κ1) is 9.23. The minimum Gasteiger partial charge on any atom is -0.412 e. The molecule has 4 heteroatoms. The zero-order valence-electron chi connectivity index (χ0n) is 6.18. The Hall–Kier alpha value is -0.770. The lowest BCUT2D eigenvalue weighted by Crippen LogP contribution is -2.35. The number of nitrogens with zero attached hydrogens (tertiary/aromatic N) is 1. The molecule has 1 rings (SSSR count). The number of hydrogen-bond donors (Lipinski definition) is 1. The summed E-state index contributed by atoms with van der Waals surface area (Å²) in [5, 5.41) is 2.59. The van der Waals surface area contributed by atoms with Crippen LogP contribution in [-0.4, -0.2) is 36.5 Å². The molecule has 3 N–H and O–H groups in total. The summed E-state index contributed by atoms with van der Waals surface area (Å²) in [6.45, 7) is 1.86. The minimum absolute atomic E-state index is 0. The monoisotopic (exact) mass is 146 g/mol. The fourth-order valence-corrected chi connectivity index (χ4v) is 1.08. The van der Waals surface area contributed by atoms with Crippen molar-refractivity contribution < 1.29 is 10.3 Å². The van der Waals surface area contributed by atoms with Gasteiger partial charge in [0.15, 0.2) is 0 Å². The molecule has 0 saturated carbocycles. The van der Waals surface area contributed by atoms with E-state index in [0.717, 1.165) is 25.9 Å². The Morgan fingerprint density at radius 3 is 2.30 bits per heavy atom. The number of hydrogen-bond acceptors (Lipinski definition) is 1. The highest BCUT2D eigenvalue weighted by Gasteiger charge is 2.15. The number of carbonyl (C=O) groups is 1. The number of rotatable bonds is 0. The normalized spacial score (nSPS) is 16.3. The van der Waals surface area contributed by atoms with Gasteiger partial charge >= 0.3 is 6.03 Å². The highest BCUT2D eigenvalue weighted by atomic mass is 16.2. The van der Waals surface area contributed by atoms with Crippen LogP contribution < -0.4 is 5.32 Å². The van der Waals surface area contributed by atoms with E-state index in [1.54, 1.807) is 7.05 Å². The van der Waals surface area contributed by atoms with Crippen molar-refractivity contribution in [2.75, 3.05) is 20.1 Å². The van der Waals surface area contributed by atoms with Gasteiger partial charge in [-0.05, 0) is 12.8 Å². The van der Waals surface area contributed by atoms with Crippen LogP contribution in [0.4, 0.5) is 4.79 Å². The van der Waals surface area contributed by atoms with Crippen molar-refractivity contribution in [1.29, 1.82) is 0 Å². The fourth-order valence-electron chi connectivity index (χ4n) is 1.08. The van der Waals surface area contributed by atoms with E-state index in [4.69, 9.17) is 0 Å². The van der Waals surface area contributed by atoms with Crippen LogP contribution in [0.5, 0.6) is 0 Å². The van der Waals surface area contributed by atoms with E-state index in [2.05, 4.69) is 5.32 Å². The van der Waals surface area contributed by atoms with Crippen molar-refractivity contribution in [2.24, 2.45) is 0 Å². The Kier molecular flexibility index (Phi) is 3.79. The molecule has 0 aromatic carbocycles. The Balaban J connectivity index is 0.000000810. The first-order valence-corrected chi connectivity index (χ1v) is 3.31. The molecule has 0 radical (unpaired) electrons. The zero-order chi connectivity index (χ0) is 6.69. The standard InChI is InChI=1S/C6H12N2O.H2O/c1-7-6(9)8-4-2-3-5-8;/h2-5H2,1H3,(H,7,9);1H2. The van der Waals surface area contributed by atoms with Gasteiger partial charge in [0.2, 0.25) is 0 Å². The van der Waals surface area contributed by atoms with Crippen LogP contribution in [0.3, 0.4) is 0 Å². The summed E-state index contributed by atoms with van der Waals surface area (Å²) < 4.78 is 0. The molecule has 1 aliphatic heterocycles. The third-order valence-electron chi connectivity index (χ3n) is 1.61. The van der Waals surface area contributed by atoms with Gasteiger partial charge in [0.25, 0.3) is 0 Å². The largest absolute Gasteiger partial charge is 0.412 e. The number of nitrogens with one attached hydrogen (secondary N) is 1. The van der Waals surface area contributed by atoms with Crippen LogP contribution in [0.15, 0.2) is 0 Å². The second-order valence-electron chi connectivity index (χ2n) is 2.25. The summed E-state index contributed by atoms with van der Waals surface area (Å²) in [7, 11) is 1.67. The Labute approximate surface area is 60.5 Å². The Morgan fingerprint density at radius 2 is 1.90 bits per heavy atom. The number of urea groups is 1. The minimum atomic E-state index is 0. The van der Waals surface area contributed by atoms with Crippen molar-refractivity contribution in [3.8, 4) is 0 Å². The van der Waals surface area contributed by atoms with Crippen molar-refractivity contribution in [1.82, 2.24) is 10.2 Å². The maximum Gasteiger partial charge on any atom is 0.317 e. The average Bonchev–Trinajstić information content (AvgIpc) is 2.37. The molecule has 10 heavy (non-hydrogen) atoms. The van der Waals surface area contributed by atoms with E-state index in [-0.39, 0.29) is 11.5 Å². The van der Waals surface area contributed by atoms with Crippen molar-refractivity contribution in [3.63, 3.8) is 0 Å². The topological polar surface area (TPSA) is 63.8 Å². The Morgan fingerprint density at radius 1 is 1.40 bits per heavy atom. The first-order valence-electron chi connectivity index (χ1n) is 3.31. The lowest BCUT2D eigenvalue weighted by molar-refractivity contribution is 0.211. The number of likely N-dealkylation sites (tertiary alicyclic amines) is 1. The molecule has 1 heterocycles. The highest BCUT2D eigenvalue weighted by Crippen LogP contribution is 2.06. The molecule has 0 aromatic heterocycles. The van der Waals surface area contributed by atoms with Gasteiger partial charge in [-0.15, -0.1) is 0 Å². The zero-order valence-corrected chi connectivity index (χ0v) is 6.18. The molecule has 1 fully saturated rings. The van der Waals surface area contributed by atoms with E-state index < -0.39 is 0 Å². The van der Waals surface area contributed by atoms with Crippen LogP contribution in [0.25, 0.3) is 0 Å². The maximum absolute atomic E-state index is 10.8. The van der Waals surface area contributed by atoms with E-state index in [9.17, 15) is 4.79 Å². The van der Waals surface area contributed by atoms with Crippen molar-refractivity contribution in [2.45, 2.75) is 12.8 Å². The van der Waals surface area contributed by atoms with Crippen LogP contribution >= 0.6 is 0 Å². The SMILES string of the molecule is CNC(=O)N1CCCC1.O. The molecule has 0 bridgehead atoms. The molecule has 4 nitrogen and oxygen atoms in total. The molecule has 0 atom stereocenters. The lowest BCUT2D eigenvalue weighted by atomic mass is 10.4. The smallest absolute Gasteiger partial charge is 0.317 e. The van der Waals surface area contributed by atoms with Gasteiger partial charge in [-0.25, -0.2) is 4.79 Å². The molecule has 0 unspecified atom stereocenters. The Bertz CT molecular complexity index is 110. The maximum atomic E-state index is 10.8. The van der Waals surface area contributed by atoms with Gasteiger partial charge in [0, 0.05) is 20.1 Å². The highest BCUT2D eigenvalue weighted by molar-refractivity contribution is 5.73. The van der Waals surface area contributed by atoms with Gasteiger partial charge < -0.3 is 15.7 Å². The van der Waals surface area contributed by atoms with Gasteiger partial charge in [0.05, 0.1) is 0 Å². The molecular formula is C6H14N2O2. The molecule has 0 aliphatic carbocycles. The van der Waals surface area contributed by atoms with Gasteiger partial charge in [0.1, 0.15) is 0 Å². The molecule has 2 amide bonds. The van der Waals surface area contributed by atoms with E-state index >= 15 is 0 Å². The second kappa shape index (κ2) is 4.11. The van der Waals surface area contributed by atoms with Gasteiger partial charge in [-0.1, -0.05) is 0 Å². The van der Waals surface area contributed by atoms with Crippen LogP contribution in [-0.2, 0) is 0 Å². The summed E-state index contributed by atoms with van der Waals surface area (Å²) in [5.41, 5.74) is 0. The van der Waals surface area contributed by atoms with Gasteiger partial charge in [-0.2, -0.15) is 0 Å². The third-order valence-corrected chi connectivity index (χ3v) is 1.61. The molecule has 0 aromatic rings. The lowest BCUT2D eigenvalue weighted by Gasteiger charge is -2.13. The third kappa shape index (κ3) is 1.88. The van der Waals surface area contributed by atoms with E-state index in [0.29, 0.717) is 0 Å². The quantitative estimate of drug-likeness (QED) is 0.496. The fraction of sp³-hybridized carbons (Fsp3) is 0.833. The molecule has 60 valence electrons. The molecule has 1 saturated heterocycles. The summed E-state index contributed by atoms with van der Waals surface area (Å²) in [6.07, 6.45) is 2.32. The summed E-state index contributed by atoms with van der Waals surface area (Å²) in [4.78, 5) is 12.7. The van der Waals surface area contributed by atoms with Crippen LogP contribution in [0.2, 0.25) is 0 Å². The van der Waals surface area contributed by atoms with Gasteiger partial charge in [-0.3, -0.25) is 0 Å². The van der Waals surface area contributed by atoms with E-state index in [1.165, 1.54) is 0 Å². The predicted octanol–water partition coefficient (Wildman–Crippen LogP) is -0.403. The van der Waals surface area contributed by atoms with Crippen LogP contribution in [0.1, 0.15) is 12.8 Å². The number of amides is 2. The van der Waals surface area contributed by atoms with Crippen molar-refractivity contribution >= 4 is 6.03 Å². The average molecular weight is 146 g/mol. The van der Waals surface area contributed by atoms with Crippen LogP contribution in [0, 0.1) is 0 Å². The van der Waals surface area contributed by atoms with E-state index in [1.807, 2.05) is 4.90 Å². The summed E-state index contributed by atoms with van der Waals surface area (Å²) >= 11 is 0. The number of carbonyl (C=O) groups excluding carboxylic acids is 1. The summed E-state index contributed by atoms with van der Waals surface area (Å²) in [6, 6.07) is 0.0625. The van der Waals surface area contributed by atoms with Crippen molar-refractivity contribution in [3.05, 3.63) is 0 Å². The molecule has 0 spiro atoms. The predicted molar refractivity (Wildman–Crippen MR) is 38.9 cm³/mol. The molecular weight excluding hydrogens is 132 g/mol. The first-order chi connectivity index (χ1) is 4.34.